The number of nitrogen functional groups attached to an aromatic ring is 1. The van der Waals surface area contributed by atoms with Gasteiger partial charge in [0.1, 0.15) is 11.6 Å². The van der Waals surface area contributed by atoms with Crippen LogP contribution in [0, 0.1) is 17.2 Å². The van der Waals surface area contributed by atoms with Gasteiger partial charge in [-0.25, -0.2) is 4.98 Å². The molecule has 1 aliphatic carbocycles. The first-order chi connectivity index (χ1) is 9.29. The average molecular weight is 254 g/mol. The molecule has 0 spiro atoms. The third kappa shape index (κ3) is 2.17. The summed E-state index contributed by atoms with van der Waals surface area (Å²) in [5.74, 6) is 1.35. The quantitative estimate of drug-likeness (QED) is 0.915. The van der Waals surface area contributed by atoms with Crippen LogP contribution in [0.2, 0.25) is 0 Å². The predicted molar refractivity (Wildman–Crippen MR) is 75.4 cm³/mol. The van der Waals surface area contributed by atoms with Gasteiger partial charge in [0.05, 0.1) is 11.1 Å². The van der Waals surface area contributed by atoms with E-state index in [9.17, 15) is 0 Å². The molecule has 0 amide bonds. The van der Waals surface area contributed by atoms with E-state index in [1.807, 2.05) is 12.1 Å². The van der Waals surface area contributed by atoms with Gasteiger partial charge >= 0.3 is 0 Å². The number of aryl methyl sites for hydroxylation is 1. The smallest absolute Gasteiger partial charge is 0.201 e. The summed E-state index contributed by atoms with van der Waals surface area (Å²) in [7, 11) is 0. The lowest BCUT2D eigenvalue weighted by molar-refractivity contribution is 0.464. The number of nitrogens with zero attached hydrogens (tertiary/aromatic N) is 3. The van der Waals surface area contributed by atoms with Crippen molar-refractivity contribution in [3.05, 3.63) is 23.8 Å². The molecular formula is C15H18N4. The van der Waals surface area contributed by atoms with Crippen LogP contribution in [-0.2, 0) is 6.54 Å². The molecule has 1 aliphatic rings. The summed E-state index contributed by atoms with van der Waals surface area (Å²) in [6, 6.07) is 7.86. The molecule has 1 aromatic carbocycles. The fourth-order valence-electron chi connectivity index (χ4n) is 3.10. The van der Waals surface area contributed by atoms with E-state index in [4.69, 9.17) is 11.0 Å². The second-order valence-electron chi connectivity index (χ2n) is 5.35. The highest BCUT2D eigenvalue weighted by atomic mass is 15.1. The van der Waals surface area contributed by atoms with Crippen molar-refractivity contribution in [1.29, 1.82) is 5.26 Å². The summed E-state index contributed by atoms with van der Waals surface area (Å²) in [6.07, 6.45) is 6.57. The van der Waals surface area contributed by atoms with Gasteiger partial charge < -0.3 is 10.3 Å². The normalized spacial score (nSPS) is 15.9. The van der Waals surface area contributed by atoms with Crippen LogP contribution in [-0.4, -0.2) is 9.55 Å². The van der Waals surface area contributed by atoms with Crippen LogP contribution >= 0.6 is 0 Å². The van der Waals surface area contributed by atoms with Gasteiger partial charge in [-0.3, -0.25) is 0 Å². The van der Waals surface area contributed by atoms with E-state index in [1.54, 1.807) is 6.07 Å². The highest BCUT2D eigenvalue weighted by Crippen LogP contribution is 2.29. The molecule has 3 rings (SSSR count). The summed E-state index contributed by atoms with van der Waals surface area (Å²) in [4.78, 5) is 4.35. The Labute approximate surface area is 112 Å². The number of rotatable bonds is 3. The van der Waals surface area contributed by atoms with Crippen LogP contribution in [0.15, 0.2) is 18.2 Å². The largest absolute Gasteiger partial charge is 0.369 e. The molecule has 0 saturated heterocycles. The number of hydrogen-bond donors (Lipinski definition) is 1. The minimum atomic E-state index is 0.524. The van der Waals surface area contributed by atoms with E-state index < -0.39 is 0 Å². The van der Waals surface area contributed by atoms with E-state index >= 15 is 0 Å². The summed E-state index contributed by atoms with van der Waals surface area (Å²) in [5.41, 5.74) is 8.32. The maximum Gasteiger partial charge on any atom is 0.201 e. The highest BCUT2D eigenvalue weighted by molar-refractivity contribution is 5.83. The summed E-state index contributed by atoms with van der Waals surface area (Å²) in [6.45, 7) is 0.905. The lowest BCUT2D eigenvalue weighted by atomic mass is 10.0. The zero-order chi connectivity index (χ0) is 13.2. The number of imidazole rings is 1. The number of para-hydroxylation sites is 1. The second kappa shape index (κ2) is 4.93. The van der Waals surface area contributed by atoms with Gasteiger partial charge in [-0.1, -0.05) is 31.7 Å². The lowest BCUT2D eigenvalue weighted by Crippen LogP contribution is -2.06. The predicted octanol–water partition coefficient (Wildman–Crippen LogP) is 3.07. The molecule has 0 aliphatic heterocycles. The van der Waals surface area contributed by atoms with Gasteiger partial charge in [-0.15, -0.1) is 0 Å². The fraction of sp³-hybridized carbons (Fsp3) is 0.467. The molecule has 2 N–H and O–H groups in total. The molecule has 1 saturated carbocycles. The van der Waals surface area contributed by atoms with Crippen molar-refractivity contribution in [3.8, 4) is 6.07 Å². The first-order valence-electron chi connectivity index (χ1n) is 6.94. The number of hydrogen-bond acceptors (Lipinski definition) is 3. The molecule has 4 nitrogen and oxygen atoms in total. The van der Waals surface area contributed by atoms with Crippen molar-refractivity contribution >= 4 is 17.0 Å². The van der Waals surface area contributed by atoms with Crippen LogP contribution in [0.25, 0.3) is 11.0 Å². The third-order valence-electron chi connectivity index (χ3n) is 4.16. The van der Waals surface area contributed by atoms with Crippen LogP contribution in [0.4, 0.5) is 5.95 Å². The fourth-order valence-corrected chi connectivity index (χ4v) is 3.10. The molecule has 1 fully saturated rings. The SMILES string of the molecule is N#Cc1cccc2c1nc(N)n2CCC1CCCC1. The zero-order valence-electron chi connectivity index (χ0n) is 11.0. The first kappa shape index (κ1) is 12.0. The Morgan fingerprint density at radius 2 is 2.16 bits per heavy atom. The van der Waals surface area contributed by atoms with Gasteiger partial charge in [0.25, 0.3) is 0 Å². The molecule has 19 heavy (non-hydrogen) atoms. The zero-order valence-corrected chi connectivity index (χ0v) is 11.0. The average Bonchev–Trinajstić information content (AvgIpc) is 3.03. The summed E-state index contributed by atoms with van der Waals surface area (Å²) >= 11 is 0. The van der Waals surface area contributed by atoms with Crippen molar-refractivity contribution < 1.29 is 0 Å². The van der Waals surface area contributed by atoms with Gasteiger partial charge in [0.15, 0.2) is 0 Å². The van der Waals surface area contributed by atoms with E-state index in [2.05, 4.69) is 15.6 Å². The minimum absolute atomic E-state index is 0.524. The number of nitriles is 1. The monoisotopic (exact) mass is 254 g/mol. The van der Waals surface area contributed by atoms with E-state index in [0.717, 1.165) is 29.9 Å². The van der Waals surface area contributed by atoms with Gasteiger partial charge in [0.2, 0.25) is 5.95 Å². The van der Waals surface area contributed by atoms with E-state index in [0.29, 0.717) is 11.5 Å². The molecule has 0 radical (unpaired) electrons. The van der Waals surface area contributed by atoms with Crippen molar-refractivity contribution in [2.75, 3.05) is 5.73 Å². The third-order valence-corrected chi connectivity index (χ3v) is 4.16. The van der Waals surface area contributed by atoms with Gasteiger partial charge in [-0.05, 0) is 24.5 Å². The van der Waals surface area contributed by atoms with Crippen LogP contribution in [0.1, 0.15) is 37.7 Å². The summed E-state index contributed by atoms with van der Waals surface area (Å²) < 4.78 is 2.05. The second-order valence-corrected chi connectivity index (χ2v) is 5.35. The van der Waals surface area contributed by atoms with Gasteiger partial charge in [-0.2, -0.15) is 5.26 Å². The number of fused-ring (bicyclic) bond motifs is 1. The Hall–Kier alpha value is -2.02. The topological polar surface area (TPSA) is 67.6 Å². The number of anilines is 1. The highest BCUT2D eigenvalue weighted by Gasteiger charge is 2.17. The lowest BCUT2D eigenvalue weighted by Gasteiger charge is -2.11. The number of benzene rings is 1. The minimum Gasteiger partial charge on any atom is -0.369 e. The standard InChI is InChI=1S/C15H18N4/c16-10-12-6-3-7-13-14(12)18-15(17)19(13)9-8-11-4-1-2-5-11/h3,6-7,11H,1-2,4-5,8-9H2,(H2,17,18). The van der Waals surface area contributed by atoms with E-state index in [1.165, 1.54) is 25.7 Å². The maximum atomic E-state index is 9.10. The molecule has 2 aromatic rings. The number of aromatic nitrogens is 2. The van der Waals surface area contributed by atoms with Gasteiger partial charge in [0, 0.05) is 6.54 Å². The molecular weight excluding hydrogens is 236 g/mol. The molecule has 0 atom stereocenters. The van der Waals surface area contributed by atoms with Crippen molar-refractivity contribution in [2.24, 2.45) is 5.92 Å². The Bertz CT molecular complexity index is 629. The van der Waals surface area contributed by atoms with Crippen LogP contribution in [0.5, 0.6) is 0 Å². The Balaban J connectivity index is 1.90. The maximum absolute atomic E-state index is 9.10. The first-order valence-corrected chi connectivity index (χ1v) is 6.94. The van der Waals surface area contributed by atoms with Crippen molar-refractivity contribution in [2.45, 2.75) is 38.6 Å². The molecule has 1 aromatic heterocycles. The molecule has 0 unspecified atom stereocenters. The molecule has 4 heteroatoms. The Morgan fingerprint density at radius 3 is 2.89 bits per heavy atom. The van der Waals surface area contributed by atoms with Crippen molar-refractivity contribution in [3.63, 3.8) is 0 Å². The van der Waals surface area contributed by atoms with Crippen molar-refractivity contribution in [1.82, 2.24) is 9.55 Å². The summed E-state index contributed by atoms with van der Waals surface area (Å²) in [5, 5.41) is 9.10. The Kier molecular flexibility index (Phi) is 3.12. The Morgan fingerprint density at radius 1 is 1.37 bits per heavy atom. The molecule has 0 bridgehead atoms. The molecule has 98 valence electrons. The molecule has 1 heterocycles. The van der Waals surface area contributed by atoms with Crippen LogP contribution < -0.4 is 5.73 Å². The number of nitrogens with two attached hydrogens (primary N) is 1. The van der Waals surface area contributed by atoms with E-state index in [-0.39, 0.29) is 0 Å². The van der Waals surface area contributed by atoms with Crippen LogP contribution in [0.3, 0.4) is 0 Å².